The largest absolute Gasteiger partial charge is 0.534 e. The maximum atomic E-state index is 12.5. The summed E-state index contributed by atoms with van der Waals surface area (Å²) in [5, 5.41) is 8.56. The zero-order valence-electron chi connectivity index (χ0n) is 9.49. The van der Waals surface area contributed by atoms with Crippen molar-refractivity contribution in [2.45, 2.75) is 11.7 Å². The summed E-state index contributed by atoms with van der Waals surface area (Å²) in [6.07, 6.45) is -5.11. The van der Waals surface area contributed by atoms with Gasteiger partial charge in [0.05, 0.1) is 11.1 Å². The Kier molecular flexibility index (Phi) is 4.14. The maximum Gasteiger partial charge on any atom is 0.534 e. The highest BCUT2D eigenvalue weighted by atomic mass is 32.2. The Balaban J connectivity index is 3.38. The molecule has 0 aliphatic carbocycles. The average Bonchev–Trinajstić information content (AvgIpc) is 2.24. The van der Waals surface area contributed by atoms with Gasteiger partial charge in [0.25, 0.3) is 0 Å². The van der Waals surface area contributed by atoms with Crippen molar-refractivity contribution in [1.82, 2.24) is 0 Å². The molecular weight excluding hydrogens is 334 g/mol. The van der Waals surface area contributed by atoms with Crippen molar-refractivity contribution in [2.24, 2.45) is 0 Å². The van der Waals surface area contributed by atoms with Crippen molar-refractivity contribution in [3.63, 3.8) is 0 Å². The quantitative estimate of drug-likeness (QED) is 0.521. The monoisotopic (exact) mass is 338 g/mol. The fourth-order valence-corrected chi connectivity index (χ4v) is 1.55. The van der Waals surface area contributed by atoms with Crippen LogP contribution in [0.15, 0.2) is 18.2 Å². The van der Waals surface area contributed by atoms with E-state index in [4.69, 9.17) is 5.11 Å². The molecule has 0 aliphatic rings. The molecule has 12 heteroatoms. The van der Waals surface area contributed by atoms with Gasteiger partial charge in [-0.3, -0.25) is 0 Å². The first kappa shape index (κ1) is 17.1. The molecule has 0 saturated heterocycles. The van der Waals surface area contributed by atoms with Crippen LogP contribution in [0.3, 0.4) is 0 Å². The molecule has 21 heavy (non-hydrogen) atoms. The van der Waals surface area contributed by atoms with E-state index in [0.717, 1.165) is 0 Å². The molecule has 0 heterocycles. The zero-order chi connectivity index (χ0) is 16.6. The molecule has 1 aromatic carbocycles. The van der Waals surface area contributed by atoms with Gasteiger partial charge < -0.3 is 9.29 Å². The first-order valence-corrected chi connectivity index (χ1v) is 6.11. The lowest BCUT2D eigenvalue weighted by Gasteiger charge is -2.12. The molecule has 1 rings (SSSR count). The van der Waals surface area contributed by atoms with Crippen molar-refractivity contribution in [2.75, 3.05) is 0 Å². The second kappa shape index (κ2) is 5.09. The lowest BCUT2D eigenvalue weighted by molar-refractivity contribution is -0.137. The van der Waals surface area contributed by atoms with E-state index >= 15 is 0 Å². The summed E-state index contributed by atoms with van der Waals surface area (Å²) in [5.41, 5.74) is -8.63. The molecule has 0 saturated carbocycles. The Hall–Kier alpha value is -1.98. The summed E-state index contributed by atoms with van der Waals surface area (Å²) in [6, 6.07) is 0.284. The van der Waals surface area contributed by atoms with E-state index in [1.54, 1.807) is 0 Å². The lowest BCUT2D eigenvalue weighted by atomic mass is 10.1. The molecule has 0 spiro atoms. The number of carbonyl (C=O) groups is 1. The van der Waals surface area contributed by atoms with E-state index < -0.39 is 44.6 Å². The Labute approximate surface area is 112 Å². The first-order chi connectivity index (χ1) is 9.24. The molecule has 0 unspecified atom stereocenters. The molecule has 0 aliphatic heterocycles. The molecule has 0 radical (unpaired) electrons. The summed E-state index contributed by atoms with van der Waals surface area (Å²) in [6.45, 7) is 0. The van der Waals surface area contributed by atoms with E-state index in [9.17, 15) is 39.6 Å². The number of benzene rings is 1. The molecule has 1 N–H and O–H groups in total. The predicted octanol–water partition coefficient (Wildman–Crippen LogP) is 2.63. The van der Waals surface area contributed by atoms with Gasteiger partial charge in [-0.05, 0) is 18.2 Å². The lowest BCUT2D eigenvalue weighted by Crippen LogP contribution is -2.28. The number of hydrogen-bond donors (Lipinski definition) is 1. The highest BCUT2D eigenvalue weighted by Crippen LogP contribution is 2.34. The van der Waals surface area contributed by atoms with Crippen LogP contribution in [-0.4, -0.2) is 25.0 Å². The third-order valence-electron chi connectivity index (χ3n) is 1.97. The van der Waals surface area contributed by atoms with Crippen LogP contribution in [0.4, 0.5) is 26.3 Å². The van der Waals surface area contributed by atoms with Crippen LogP contribution in [0.2, 0.25) is 0 Å². The zero-order valence-corrected chi connectivity index (χ0v) is 10.3. The molecule has 0 aromatic heterocycles. The van der Waals surface area contributed by atoms with Gasteiger partial charge in [-0.25, -0.2) is 4.79 Å². The maximum absolute atomic E-state index is 12.5. The van der Waals surface area contributed by atoms with E-state index in [-0.39, 0.29) is 18.2 Å². The minimum atomic E-state index is -6.22. The molecule has 0 amide bonds. The number of aromatic carboxylic acids is 1. The Morgan fingerprint density at radius 2 is 1.57 bits per heavy atom. The highest BCUT2D eigenvalue weighted by Gasteiger charge is 2.48. The Morgan fingerprint density at radius 1 is 1.05 bits per heavy atom. The summed E-state index contributed by atoms with van der Waals surface area (Å²) in [5.74, 6) is -3.32. The number of halogens is 6. The van der Waals surface area contributed by atoms with Gasteiger partial charge in [-0.2, -0.15) is 34.8 Å². The second-order valence-corrected chi connectivity index (χ2v) is 5.07. The summed E-state index contributed by atoms with van der Waals surface area (Å²) >= 11 is 0. The van der Waals surface area contributed by atoms with Crippen molar-refractivity contribution in [3.8, 4) is 5.75 Å². The van der Waals surface area contributed by atoms with Crippen molar-refractivity contribution < 1.29 is 48.8 Å². The molecule has 0 fully saturated rings. The van der Waals surface area contributed by atoms with Crippen LogP contribution < -0.4 is 4.18 Å². The summed E-state index contributed by atoms with van der Waals surface area (Å²) in [7, 11) is -6.22. The summed E-state index contributed by atoms with van der Waals surface area (Å²) < 4.78 is 98.4. The molecule has 1 aromatic rings. The molecule has 118 valence electrons. The van der Waals surface area contributed by atoms with Crippen LogP contribution in [0, 0.1) is 0 Å². The third kappa shape index (κ3) is 4.00. The van der Waals surface area contributed by atoms with Crippen LogP contribution in [0.25, 0.3) is 0 Å². The van der Waals surface area contributed by atoms with Crippen LogP contribution in [0.5, 0.6) is 5.75 Å². The fraction of sp³-hybridized carbons (Fsp3) is 0.222. The van der Waals surface area contributed by atoms with Crippen molar-refractivity contribution in [3.05, 3.63) is 29.3 Å². The topological polar surface area (TPSA) is 80.7 Å². The third-order valence-corrected chi connectivity index (χ3v) is 2.95. The molecule has 0 atom stereocenters. The summed E-state index contributed by atoms with van der Waals surface area (Å²) in [4.78, 5) is 10.6. The Bertz CT molecular complexity index is 660. The van der Waals surface area contributed by atoms with Crippen LogP contribution >= 0.6 is 0 Å². The van der Waals surface area contributed by atoms with Crippen molar-refractivity contribution >= 4 is 16.1 Å². The number of carboxylic acids is 1. The molecule has 0 bridgehead atoms. The number of hydrogen-bond acceptors (Lipinski definition) is 4. The second-order valence-electron chi connectivity index (χ2n) is 3.53. The number of rotatable bonds is 3. The van der Waals surface area contributed by atoms with E-state index in [0.29, 0.717) is 0 Å². The van der Waals surface area contributed by atoms with Crippen LogP contribution in [-0.2, 0) is 16.3 Å². The average molecular weight is 338 g/mol. The SMILES string of the molecule is O=C(O)c1cc(OS(=O)(=O)C(F)(F)F)cc(C(F)(F)F)c1. The van der Waals surface area contributed by atoms with Crippen molar-refractivity contribution in [1.29, 1.82) is 0 Å². The van der Waals surface area contributed by atoms with Gasteiger partial charge in [0.2, 0.25) is 0 Å². The van der Waals surface area contributed by atoms with Crippen LogP contribution in [0.1, 0.15) is 15.9 Å². The predicted molar refractivity (Wildman–Crippen MR) is 54.0 cm³/mol. The van der Waals surface area contributed by atoms with Gasteiger partial charge in [0.1, 0.15) is 5.75 Å². The number of alkyl halides is 6. The van der Waals surface area contributed by atoms with Gasteiger partial charge >= 0.3 is 27.8 Å². The smallest absolute Gasteiger partial charge is 0.478 e. The first-order valence-electron chi connectivity index (χ1n) is 4.70. The van der Waals surface area contributed by atoms with Gasteiger partial charge in [-0.1, -0.05) is 0 Å². The molecular formula is C9H4F6O5S. The normalized spacial score (nSPS) is 13.0. The van der Waals surface area contributed by atoms with E-state index in [2.05, 4.69) is 4.18 Å². The highest BCUT2D eigenvalue weighted by molar-refractivity contribution is 7.88. The van der Waals surface area contributed by atoms with Gasteiger partial charge in [0, 0.05) is 0 Å². The van der Waals surface area contributed by atoms with E-state index in [1.807, 2.05) is 0 Å². The Morgan fingerprint density at radius 3 is 1.95 bits per heavy atom. The molecule has 5 nitrogen and oxygen atoms in total. The minimum Gasteiger partial charge on any atom is -0.478 e. The van der Waals surface area contributed by atoms with E-state index in [1.165, 1.54) is 0 Å². The van der Waals surface area contributed by atoms with Gasteiger partial charge in [0.15, 0.2) is 0 Å². The minimum absolute atomic E-state index is 0.0598. The van der Waals surface area contributed by atoms with Gasteiger partial charge in [-0.15, -0.1) is 0 Å². The number of carboxylic acid groups (broad SMARTS) is 1. The fourth-order valence-electron chi connectivity index (χ4n) is 1.11. The standard InChI is InChI=1S/C9H4F6O5S/c10-8(11,12)5-1-4(7(16)17)2-6(3-5)20-21(18,19)9(13,14)15/h1-3H,(H,16,17).